The third-order valence-electron chi connectivity index (χ3n) is 3.28. The van der Waals surface area contributed by atoms with Crippen molar-refractivity contribution in [3.05, 3.63) is 51.7 Å². The lowest BCUT2D eigenvalue weighted by atomic mass is 10.1. The van der Waals surface area contributed by atoms with Gasteiger partial charge in [-0.25, -0.2) is 13.1 Å². The fourth-order valence-corrected chi connectivity index (χ4v) is 3.86. The van der Waals surface area contributed by atoms with Crippen molar-refractivity contribution >= 4 is 21.4 Å². The monoisotopic (exact) mass is 324 g/mol. The Morgan fingerprint density at radius 3 is 2.57 bits per heavy atom. The molecule has 0 saturated heterocycles. The van der Waals surface area contributed by atoms with E-state index in [1.807, 2.05) is 29.9 Å². The highest BCUT2D eigenvalue weighted by molar-refractivity contribution is 7.89. The second-order valence-electron chi connectivity index (χ2n) is 4.77. The average Bonchev–Trinajstić information content (AvgIpc) is 2.99. The largest absolute Gasteiger partial charge is 0.316 e. The van der Waals surface area contributed by atoms with Gasteiger partial charge in [-0.3, -0.25) is 0 Å². The maximum absolute atomic E-state index is 12.4. The van der Waals surface area contributed by atoms with Crippen molar-refractivity contribution in [1.29, 1.82) is 0 Å². The fraction of sp³-hybridized carbons (Fsp3) is 0.333. The number of nitrogens with one attached hydrogen (secondary N) is 2. The molecule has 1 aromatic heterocycles. The second-order valence-corrected chi connectivity index (χ2v) is 7.32. The van der Waals surface area contributed by atoms with Crippen LogP contribution in [0.2, 0.25) is 0 Å². The van der Waals surface area contributed by atoms with Gasteiger partial charge in [-0.1, -0.05) is 13.0 Å². The molecule has 1 aromatic carbocycles. The summed E-state index contributed by atoms with van der Waals surface area (Å²) in [5.41, 5.74) is 3.17. The van der Waals surface area contributed by atoms with Crippen LogP contribution in [0.15, 0.2) is 39.9 Å². The number of hydrogen-bond donors (Lipinski definition) is 2. The Morgan fingerprint density at radius 2 is 1.95 bits per heavy atom. The van der Waals surface area contributed by atoms with E-state index in [-0.39, 0.29) is 0 Å². The fourth-order valence-electron chi connectivity index (χ4n) is 2.12. The van der Waals surface area contributed by atoms with Crippen molar-refractivity contribution in [2.45, 2.75) is 31.3 Å². The van der Waals surface area contributed by atoms with E-state index in [4.69, 9.17) is 0 Å². The molecule has 21 heavy (non-hydrogen) atoms. The maximum Gasteiger partial charge on any atom is 0.240 e. The van der Waals surface area contributed by atoms with Crippen LogP contribution >= 0.6 is 11.3 Å². The zero-order chi connectivity index (χ0) is 15.3. The van der Waals surface area contributed by atoms with Gasteiger partial charge in [-0.2, -0.15) is 11.3 Å². The van der Waals surface area contributed by atoms with Gasteiger partial charge < -0.3 is 5.32 Å². The Hall–Kier alpha value is -1.21. The number of thiophene rings is 1. The van der Waals surface area contributed by atoms with Gasteiger partial charge in [0, 0.05) is 13.1 Å². The van der Waals surface area contributed by atoms with E-state index in [1.54, 1.807) is 23.5 Å². The Bertz CT molecular complexity index is 680. The van der Waals surface area contributed by atoms with E-state index >= 15 is 0 Å². The van der Waals surface area contributed by atoms with Gasteiger partial charge in [-0.15, -0.1) is 0 Å². The number of hydrogen-bond acceptors (Lipinski definition) is 4. The van der Waals surface area contributed by atoms with E-state index < -0.39 is 10.0 Å². The smallest absolute Gasteiger partial charge is 0.240 e. The average molecular weight is 324 g/mol. The lowest BCUT2D eigenvalue weighted by molar-refractivity contribution is 0.581. The molecule has 0 aliphatic carbocycles. The van der Waals surface area contributed by atoms with Crippen molar-refractivity contribution in [2.75, 3.05) is 7.05 Å². The third kappa shape index (κ3) is 4.14. The Morgan fingerprint density at radius 1 is 1.14 bits per heavy atom. The van der Waals surface area contributed by atoms with Crippen LogP contribution in [-0.2, 0) is 29.5 Å². The highest BCUT2D eigenvalue weighted by atomic mass is 32.2. The van der Waals surface area contributed by atoms with Gasteiger partial charge in [0.15, 0.2) is 0 Å². The quantitative estimate of drug-likeness (QED) is 0.823. The molecule has 2 aromatic rings. The van der Waals surface area contributed by atoms with Crippen molar-refractivity contribution in [3.8, 4) is 0 Å². The normalized spacial score (nSPS) is 11.7. The Kier molecular flexibility index (Phi) is 5.52. The summed E-state index contributed by atoms with van der Waals surface area (Å²) in [7, 11) is -1.62. The zero-order valence-corrected chi connectivity index (χ0v) is 13.9. The summed E-state index contributed by atoms with van der Waals surface area (Å²) in [5.74, 6) is 0. The van der Waals surface area contributed by atoms with E-state index in [2.05, 4.69) is 17.0 Å². The first kappa shape index (κ1) is 16.2. The topological polar surface area (TPSA) is 58.2 Å². The standard InChI is InChI=1S/C15H20N2O2S2/c1-3-13-4-5-15(8-14(13)10-16-2)21(18,19)17-9-12-6-7-20-11-12/h4-8,11,16-17H,3,9-10H2,1-2H3. The van der Waals surface area contributed by atoms with Crippen LogP contribution < -0.4 is 10.0 Å². The van der Waals surface area contributed by atoms with E-state index in [9.17, 15) is 8.42 Å². The van der Waals surface area contributed by atoms with E-state index in [1.165, 1.54) is 5.56 Å². The van der Waals surface area contributed by atoms with Gasteiger partial charge in [-0.05, 0) is 59.1 Å². The second kappa shape index (κ2) is 7.17. The molecule has 0 fully saturated rings. The molecule has 0 unspecified atom stereocenters. The van der Waals surface area contributed by atoms with Crippen LogP contribution in [0.4, 0.5) is 0 Å². The minimum absolute atomic E-state index is 0.320. The van der Waals surface area contributed by atoms with Crippen LogP contribution in [0.25, 0.3) is 0 Å². The van der Waals surface area contributed by atoms with E-state index in [0.29, 0.717) is 18.0 Å². The molecule has 114 valence electrons. The summed E-state index contributed by atoms with van der Waals surface area (Å²) >= 11 is 1.56. The summed E-state index contributed by atoms with van der Waals surface area (Å²) in [6, 6.07) is 7.24. The minimum Gasteiger partial charge on any atom is -0.316 e. The molecule has 6 heteroatoms. The molecule has 0 atom stereocenters. The SMILES string of the molecule is CCc1ccc(S(=O)(=O)NCc2ccsc2)cc1CNC. The summed E-state index contributed by atoms with van der Waals surface area (Å²) in [5, 5.41) is 6.95. The third-order valence-corrected chi connectivity index (χ3v) is 5.41. The Labute approximate surface area is 130 Å². The number of rotatable bonds is 7. The zero-order valence-electron chi connectivity index (χ0n) is 12.2. The number of sulfonamides is 1. The summed E-state index contributed by atoms with van der Waals surface area (Å²) in [6.45, 7) is 3.05. The van der Waals surface area contributed by atoms with Crippen molar-refractivity contribution < 1.29 is 8.42 Å². The first-order valence-electron chi connectivity index (χ1n) is 6.84. The van der Waals surface area contributed by atoms with Gasteiger partial charge in [0.1, 0.15) is 0 Å². The Balaban J connectivity index is 2.20. The van der Waals surface area contributed by atoms with Gasteiger partial charge in [0.25, 0.3) is 0 Å². The molecule has 0 saturated carbocycles. The first-order chi connectivity index (χ1) is 10.1. The molecule has 2 N–H and O–H groups in total. The summed E-state index contributed by atoms with van der Waals surface area (Å²) in [6.07, 6.45) is 0.889. The lowest BCUT2D eigenvalue weighted by Gasteiger charge is -2.11. The molecule has 0 spiro atoms. The van der Waals surface area contributed by atoms with Crippen LogP contribution in [0, 0.1) is 0 Å². The highest BCUT2D eigenvalue weighted by Crippen LogP contribution is 2.17. The maximum atomic E-state index is 12.4. The molecular formula is C15H20N2O2S2. The highest BCUT2D eigenvalue weighted by Gasteiger charge is 2.15. The molecule has 0 amide bonds. The number of aryl methyl sites for hydroxylation is 1. The molecule has 2 rings (SSSR count). The van der Waals surface area contributed by atoms with Gasteiger partial charge >= 0.3 is 0 Å². The van der Waals surface area contributed by atoms with Crippen LogP contribution in [0.5, 0.6) is 0 Å². The molecule has 0 aliphatic heterocycles. The molecule has 1 heterocycles. The molecule has 0 bridgehead atoms. The first-order valence-corrected chi connectivity index (χ1v) is 9.26. The van der Waals surface area contributed by atoms with Crippen molar-refractivity contribution in [3.63, 3.8) is 0 Å². The summed E-state index contributed by atoms with van der Waals surface area (Å²) in [4.78, 5) is 0.320. The van der Waals surface area contributed by atoms with Crippen molar-refractivity contribution in [2.24, 2.45) is 0 Å². The van der Waals surface area contributed by atoms with Crippen molar-refractivity contribution in [1.82, 2.24) is 10.0 Å². The predicted octanol–water partition coefficient (Wildman–Crippen LogP) is 2.51. The van der Waals surface area contributed by atoms with Crippen LogP contribution in [-0.4, -0.2) is 15.5 Å². The van der Waals surface area contributed by atoms with Gasteiger partial charge in [0.2, 0.25) is 10.0 Å². The van der Waals surface area contributed by atoms with Crippen LogP contribution in [0.1, 0.15) is 23.6 Å². The summed E-state index contributed by atoms with van der Waals surface area (Å²) < 4.78 is 27.4. The molecule has 0 aliphatic rings. The molecular weight excluding hydrogens is 304 g/mol. The molecule has 0 radical (unpaired) electrons. The van der Waals surface area contributed by atoms with Crippen LogP contribution in [0.3, 0.4) is 0 Å². The number of benzene rings is 1. The predicted molar refractivity (Wildman–Crippen MR) is 86.9 cm³/mol. The van der Waals surface area contributed by atoms with E-state index in [0.717, 1.165) is 17.5 Å². The molecule has 4 nitrogen and oxygen atoms in total. The minimum atomic E-state index is -3.48. The van der Waals surface area contributed by atoms with Gasteiger partial charge in [0.05, 0.1) is 4.90 Å². The lowest BCUT2D eigenvalue weighted by Crippen LogP contribution is -2.23.